The number of allylic oxidation sites excluding steroid dienone is 1. The highest BCUT2D eigenvalue weighted by atomic mass is 35.5. The van der Waals surface area contributed by atoms with E-state index < -0.39 is 0 Å². The van der Waals surface area contributed by atoms with Crippen LogP contribution in [0.2, 0.25) is 10.0 Å². The predicted molar refractivity (Wildman–Crippen MR) is 76.7 cm³/mol. The molecule has 2 aromatic rings. The van der Waals surface area contributed by atoms with Gasteiger partial charge in [0.25, 0.3) is 0 Å². The molecule has 0 amide bonds. The van der Waals surface area contributed by atoms with E-state index in [-0.39, 0.29) is 6.04 Å². The second-order valence-corrected chi connectivity index (χ2v) is 5.16. The summed E-state index contributed by atoms with van der Waals surface area (Å²) in [6, 6.07) is 3.88. The Morgan fingerprint density at radius 1 is 1.47 bits per heavy atom. The summed E-state index contributed by atoms with van der Waals surface area (Å²) in [5.74, 6) is 0. The molecule has 0 aliphatic heterocycles. The lowest BCUT2D eigenvalue weighted by Gasteiger charge is -2.12. The van der Waals surface area contributed by atoms with Crippen LogP contribution in [0.15, 0.2) is 24.8 Å². The van der Waals surface area contributed by atoms with Gasteiger partial charge in [0.2, 0.25) is 0 Å². The maximum atomic E-state index is 6.04. The molecule has 2 rings (SSSR count). The highest BCUT2D eigenvalue weighted by molar-refractivity contribution is 7.71. The van der Waals surface area contributed by atoms with Crippen LogP contribution >= 0.6 is 35.4 Å². The van der Waals surface area contributed by atoms with Crippen molar-refractivity contribution in [1.82, 2.24) is 9.55 Å². The Balaban J connectivity index is 2.70. The van der Waals surface area contributed by atoms with Crippen LogP contribution in [0.3, 0.4) is 0 Å². The first-order valence-corrected chi connectivity index (χ1v) is 6.41. The van der Waals surface area contributed by atoms with Crippen LogP contribution in [-0.4, -0.2) is 9.55 Å². The summed E-state index contributed by atoms with van der Waals surface area (Å²) in [6.07, 6.45) is 2.73. The van der Waals surface area contributed by atoms with Gasteiger partial charge in [0.15, 0.2) is 4.77 Å². The molecule has 17 heavy (non-hydrogen) atoms. The summed E-state index contributed by atoms with van der Waals surface area (Å²) in [7, 11) is 0. The molecule has 0 saturated heterocycles. The first-order chi connectivity index (χ1) is 8.04. The van der Waals surface area contributed by atoms with E-state index in [0.29, 0.717) is 14.8 Å². The largest absolute Gasteiger partial charge is 0.331 e. The van der Waals surface area contributed by atoms with Crippen LogP contribution in [0.5, 0.6) is 0 Å². The monoisotopic (exact) mass is 286 g/mol. The summed E-state index contributed by atoms with van der Waals surface area (Å²) in [5.41, 5.74) is 1.87. The van der Waals surface area contributed by atoms with Gasteiger partial charge in [0.05, 0.1) is 21.1 Å². The molecule has 1 atom stereocenters. The molecule has 0 bridgehead atoms. The van der Waals surface area contributed by atoms with E-state index in [9.17, 15) is 0 Å². The predicted octanol–water partition coefficient (Wildman–Crippen LogP) is 5.14. The van der Waals surface area contributed by atoms with Crippen molar-refractivity contribution in [2.24, 2.45) is 0 Å². The Kier molecular flexibility index (Phi) is 3.61. The molecular weight excluding hydrogens is 275 g/mol. The molecule has 1 unspecified atom stereocenters. The van der Waals surface area contributed by atoms with Gasteiger partial charge in [-0.1, -0.05) is 29.3 Å². The second-order valence-electron chi connectivity index (χ2n) is 3.96. The molecule has 5 heteroatoms. The third kappa shape index (κ3) is 2.28. The van der Waals surface area contributed by atoms with E-state index in [1.54, 1.807) is 6.07 Å². The van der Waals surface area contributed by atoms with Gasteiger partial charge in [0, 0.05) is 6.04 Å². The number of aromatic nitrogens is 2. The molecular formula is C12H12Cl2N2S. The molecule has 0 fully saturated rings. The minimum atomic E-state index is 0.242. The minimum absolute atomic E-state index is 0.242. The SMILES string of the molecule is C=CCC(C)n1c(=S)[nH]c2cc(Cl)c(Cl)cc21. The quantitative estimate of drug-likeness (QED) is 0.612. The molecule has 0 saturated carbocycles. The fourth-order valence-electron chi connectivity index (χ4n) is 1.90. The van der Waals surface area contributed by atoms with Gasteiger partial charge in [0.1, 0.15) is 0 Å². The lowest BCUT2D eigenvalue weighted by atomic mass is 10.2. The third-order valence-electron chi connectivity index (χ3n) is 2.71. The Labute approximate surface area is 115 Å². The molecule has 0 aliphatic carbocycles. The van der Waals surface area contributed by atoms with Crippen LogP contribution < -0.4 is 0 Å². The van der Waals surface area contributed by atoms with Crippen LogP contribution in [0.4, 0.5) is 0 Å². The van der Waals surface area contributed by atoms with Crippen LogP contribution in [-0.2, 0) is 0 Å². The molecule has 1 aromatic carbocycles. The number of aromatic amines is 1. The van der Waals surface area contributed by atoms with Gasteiger partial charge in [-0.2, -0.15) is 0 Å². The normalized spacial score (nSPS) is 12.9. The van der Waals surface area contributed by atoms with Gasteiger partial charge in [-0.25, -0.2) is 0 Å². The third-order valence-corrected chi connectivity index (χ3v) is 3.73. The van der Waals surface area contributed by atoms with E-state index in [1.807, 2.05) is 16.7 Å². The first kappa shape index (κ1) is 12.7. The summed E-state index contributed by atoms with van der Waals surface area (Å²) < 4.78 is 2.71. The van der Waals surface area contributed by atoms with Crippen LogP contribution in [0.1, 0.15) is 19.4 Å². The number of rotatable bonds is 3. The zero-order valence-electron chi connectivity index (χ0n) is 9.34. The summed E-state index contributed by atoms with van der Waals surface area (Å²) in [4.78, 5) is 3.13. The molecule has 0 aliphatic rings. The Morgan fingerprint density at radius 3 is 2.76 bits per heavy atom. The lowest BCUT2D eigenvalue weighted by Crippen LogP contribution is -2.03. The van der Waals surface area contributed by atoms with E-state index >= 15 is 0 Å². The highest BCUT2D eigenvalue weighted by Gasteiger charge is 2.12. The van der Waals surface area contributed by atoms with Crippen molar-refractivity contribution >= 4 is 46.5 Å². The summed E-state index contributed by atoms with van der Waals surface area (Å²) in [5, 5.41) is 1.06. The van der Waals surface area contributed by atoms with Gasteiger partial charge in [-0.05, 0) is 37.7 Å². The summed E-state index contributed by atoms with van der Waals surface area (Å²) in [6.45, 7) is 5.84. The van der Waals surface area contributed by atoms with E-state index in [2.05, 4.69) is 18.5 Å². The number of nitrogens with one attached hydrogen (secondary N) is 1. The van der Waals surface area contributed by atoms with E-state index in [4.69, 9.17) is 35.4 Å². The number of fused-ring (bicyclic) bond motifs is 1. The van der Waals surface area contributed by atoms with Gasteiger partial charge in [-0.15, -0.1) is 6.58 Å². The second kappa shape index (κ2) is 4.84. The average Bonchev–Trinajstić information content (AvgIpc) is 2.55. The van der Waals surface area contributed by atoms with Crippen molar-refractivity contribution in [1.29, 1.82) is 0 Å². The molecule has 0 spiro atoms. The summed E-state index contributed by atoms with van der Waals surface area (Å²) >= 11 is 17.3. The maximum Gasteiger partial charge on any atom is 0.178 e. The number of hydrogen-bond acceptors (Lipinski definition) is 1. The lowest BCUT2D eigenvalue weighted by molar-refractivity contribution is 0.564. The van der Waals surface area contributed by atoms with Crippen molar-refractivity contribution in [3.05, 3.63) is 39.6 Å². The smallest absolute Gasteiger partial charge is 0.178 e. The Bertz CT molecular complexity index is 627. The Morgan fingerprint density at radius 2 is 2.12 bits per heavy atom. The first-order valence-electron chi connectivity index (χ1n) is 5.24. The van der Waals surface area contributed by atoms with Gasteiger partial charge >= 0.3 is 0 Å². The van der Waals surface area contributed by atoms with Crippen molar-refractivity contribution in [2.75, 3.05) is 0 Å². The number of benzene rings is 1. The molecule has 1 N–H and O–H groups in total. The molecule has 90 valence electrons. The van der Waals surface area contributed by atoms with Crippen LogP contribution in [0.25, 0.3) is 11.0 Å². The van der Waals surface area contributed by atoms with Crippen molar-refractivity contribution in [3.8, 4) is 0 Å². The zero-order chi connectivity index (χ0) is 12.6. The van der Waals surface area contributed by atoms with E-state index in [0.717, 1.165) is 17.5 Å². The van der Waals surface area contributed by atoms with Crippen LogP contribution in [0, 0.1) is 4.77 Å². The van der Waals surface area contributed by atoms with Crippen molar-refractivity contribution in [3.63, 3.8) is 0 Å². The fourth-order valence-corrected chi connectivity index (χ4v) is 2.61. The number of H-pyrrole nitrogens is 1. The number of hydrogen-bond donors (Lipinski definition) is 1. The topological polar surface area (TPSA) is 20.7 Å². The number of imidazole rings is 1. The highest BCUT2D eigenvalue weighted by Crippen LogP contribution is 2.29. The van der Waals surface area contributed by atoms with E-state index in [1.165, 1.54) is 0 Å². The standard InChI is InChI=1S/C12H12Cl2N2S/c1-3-4-7(2)16-11-6-9(14)8(13)5-10(11)15-12(16)17/h3,5-7H,1,4H2,2H3,(H,15,17). The molecule has 0 radical (unpaired) electrons. The van der Waals surface area contributed by atoms with Gasteiger partial charge in [-0.3, -0.25) is 0 Å². The molecule has 1 aromatic heterocycles. The maximum absolute atomic E-state index is 6.04. The zero-order valence-corrected chi connectivity index (χ0v) is 11.7. The number of nitrogens with zero attached hydrogens (tertiary/aromatic N) is 1. The molecule has 2 nitrogen and oxygen atoms in total. The molecule has 1 heterocycles. The fraction of sp³-hybridized carbons (Fsp3) is 0.250. The Hall–Kier alpha value is -0.770. The average molecular weight is 287 g/mol. The minimum Gasteiger partial charge on any atom is -0.331 e. The van der Waals surface area contributed by atoms with Crippen molar-refractivity contribution < 1.29 is 0 Å². The van der Waals surface area contributed by atoms with Gasteiger partial charge < -0.3 is 9.55 Å². The van der Waals surface area contributed by atoms with Crippen molar-refractivity contribution in [2.45, 2.75) is 19.4 Å². The number of halogens is 2.